The Morgan fingerprint density at radius 1 is 1.23 bits per heavy atom. The molecule has 2 aliphatic rings. The Hall–Kier alpha value is -0.870. The molecule has 1 N–H and O–H groups in total. The van der Waals surface area contributed by atoms with Crippen molar-refractivity contribution in [1.82, 2.24) is 10.2 Å². The Morgan fingerprint density at radius 3 is 2.68 bits per heavy atom. The summed E-state index contributed by atoms with van der Waals surface area (Å²) in [5.41, 5.74) is 0. The number of amides is 1. The van der Waals surface area contributed by atoms with Gasteiger partial charge >= 0.3 is 0 Å². The third-order valence-electron chi connectivity index (χ3n) is 5.23. The molecule has 122 valence electrons. The molecule has 0 bridgehead atoms. The number of rotatable bonds is 6. The number of carbonyl (C=O) groups excluding carboxylic acids is 1. The van der Waals surface area contributed by atoms with E-state index in [2.05, 4.69) is 27.7 Å². The predicted molar refractivity (Wildman–Crippen MR) is 92.3 cm³/mol. The first-order chi connectivity index (χ1) is 10.8. The van der Waals surface area contributed by atoms with E-state index in [1.165, 1.54) is 51.6 Å². The lowest BCUT2D eigenvalue weighted by molar-refractivity contribution is -0.122. The third-order valence-corrected chi connectivity index (χ3v) is 6.27. The van der Waals surface area contributed by atoms with Crippen LogP contribution in [0.15, 0.2) is 17.5 Å². The van der Waals surface area contributed by atoms with Crippen molar-refractivity contribution >= 4 is 17.2 Å². The largest absolute Gasteiger partial charge is 0.355 e. The summed E-state index contributed by atoms with van der Waals surface area (Å²) >= 11 is 1.89. The monoisotopic (exact) mass is 320 g/mol. The molecule has 0 radical (unpaired) electrons. The van der Waals surface area contributed by atoms with Gasteiger partial charge in [-0.2, -0.15) is 0 Å². The molecule has 0 unspecified atom stereocenters. The highest BCUT2D eigenvalue weighted by atomic mass is 32.1. The molecule has 0 aromatic carbocycles. The summed E-state index contributed by atoms with van der Waals surface area (Å²) in [6.45, 7) is 4.16. The van der Waals surface area contributed by atoms with Crippen LogP contribution in [0.1, 0.15) is 55.7 Å². The van der Waals surface area contributed by atoms with Crippen molar-refractivity contribution in [1.29, 1.82) is 0 Å². The highest BCUT2D eigenvalue weighted by Gasteiger charge is 2.21. The molecule has 2 fully saturated rings. The van der Waals surface area contributed by atoms with Crippen molar-refractivity contribution < 1.29 is 4.79 Å². The number of likely N-dealkylation sites (tertiary alicyclic amines) is 1. The van der Waals surface area contributed by atoms with Crippen molar-refractivity contribution in [2.24, 2.45) is 5.92 Å². The zero-order chi connectivity index (χ0) is 15.2. The molecule has 0 spiro atoms. The maximum Gasteiger partial charge on any atom is 0.220 e. The first-order valence-electron chi connectivity index (χ1n) is 8.83. The van der Waals surface area contributed by atoms with Crippen molar-refractivity contribution in [3.63, 3.8) is 0 Å². The summed E-state index contributed by atoms with van der Waals surface area (Å²) in [5.74, 6) is 1.68. The lowest BCUT2D eigenvalue weighted by Gasteiger charge is -2.31. The Morgan fingerprint density at radius 2 is 2.00 bits per heavy atom. The van der Waals surface area contributed by atoms with E-state index in [4.69, 9.17) is 0 Å². The zero-order valence-corrected chi connectivity index (χ0v) is 14.2. The number of thiophene rings is 1. The van der Waals surface area contributed by atoms with Crippen LogP contribution in [-0.4, -0.2) is 37.0 Å². The normalized spacial score (nSPS) is 21.3. The van der Waals surface area contributed by atoms with Gasteiger partial charge in [0.1, 0.15) is 0 Å². The average molecular weight is 321 g/mol. The molecule has 1 saturated heterocycles. The van der Waals surface area contributed by atoms with Crippen LogP contribution in [0.2, 0.25) is 0 Å². The second-order valence-corrected chi connectivity index (χ2v) is 7.82. The molecule has 1 aromatic heterocycles. The molecule has 1 amide bonds. The Kier molecular flexibility index (Phi) is 5.90. The molecular formula is C18H28N2OS. The van der Waals surface area contributed by atoms with Gasteiger partial charge in [0.2, 0.25) is 5.91 Å². The molecule has 1 aliphatic heterocycles. The number of hydrogen-bond acceptors (Lipinski definition) is 3. The van der Waals surface area contributed by atoms with Gasteiger partial charge in [0.15, 0.2) is 0 Å². The quantitative estimate of drug-likeness (QED) is 0.868. The first-order valence-corrected chi connectivity index (χ1v) is 9.71. The zero-order valence-electron chi connectivity index (χ0n) is 13.4. The van der Waals surface area contributed by atoms with Crippen LogP contribution in [-0.2, 0) is 4.79 Å². The fraction of sp³-hybridized carbons (Fsp3) is 0.722. The van der Waals surface area contributed by atoms with E-state index < -0.39 is 0 Å². The molecule has 2 heterocycles. The Bertz CT molecular complexity index is 446. The van der Waals surface area contributed by atoms with Gasteiger partial charge in [0.05, 0.1) is 0 Å². The standard InChI is InChI=1S/C18H28N2OS/c21-18(14-15-4-1-2-5-15)19-9-12-20-10-7-16(8-11-20)17-6-3-13-22-17/h3,6,13,15-16H,1-2,4-5,7-12,14H2,(H,19,21). The van der Waals surface area contributed by atoms with Gasteiger partial charge in [-0.3, -0.25) is 4.79 Å². The lowest BCUT2D eigenvalue weighted by Crippen LogP contribution is -2.39. The molecule has 0 atom stereocenters. The number of carbonyl (C=O) groups is 1. The summed E-state index contributed by atoms with van der Waals surface area (Å²) < 4.78 is 0. The van der Waals surface area contributed by atoms with E-state index in [0.717, 1.165) is 25.4 Å². The minimum absolute atomic E-state index is 0.264. The van der Waals surface area contributed by atoms with Crippen LogP contribution in [0, 0.1) is 5.92 Å². The van der Waals surface area contributed by atoms with E-state index in [1.54, 1.807) is 4.88 Å². The van der Waals surface area contributed by atoms with Crippen molar-refractivity contribution in [3.8, 4) is 0 Å². The average Bonchev–Trinajstić information content (AvgIpc) is 3.21. The van der Waals surface area contributed by atoms with Gasteiger partial charge in [-0.1, -0.05) is 18.9 Å². The van der Waals surface area contributed by atoms with Crippen molar-refractivity contribution in [3.05, 3.63) is 22.4 Å². The number of nitrogens with one attached hydrogen (secondary N) is 1. The smallest absolute Gasteiger partial charge is 0.220 e. The highest BCUT2D eigenvalue weighted by molar-refractivity contribution is 7.10. The summed E-state index contributed by atoms with van der Waals surface area (Å²) in [4.78, 5) is 16.0. The molecule has 1 saturated carbocycles. The third kappa shape index (κ3) is 4.56. The lowest BCUT2D eigenvalue weighted by atomic mass is 9.95. The number of nitrogens with zero attached hydrogens (tertiary/aromatic N) is 1. The maximum absolute atomic E-state index is 11.9. The summed E-state index contributed by atoms with van der Waals surface area (Å²) in [6, 6.07) is 4.43. The second-order valence-electron chi connectivity index (χ2n) is 6.84. The molecule has 4 heteroatoms. The summed E-state index contributed by atoms with van der Waals surface area (Å²) in [7, 11) is 0. The topological polar surface area (TPSA) is 32.3 Å². The maximum atomic E-state index is 11.9. The molecule has 3 nitrogen and oxygen atoms in total. The molecular weight excluding hydrogens is 292 g/mol. The summed E-state index contributed by atoms with van der Waals surface area (Å²) in [5, 5.41) is 5.30. The van der Waals surface area contributed by atoms with Crippen LogP contribution < -0.4 is 5.32 Å². The van der Waals surface area contributed by atoms with Crippen LogP contribution >= 0.6 is 11.3 Å². The molecule has 22 heavy (non-hydrogen) atoms. The van der Waals surface area contributed by atoms with Crippen LogP contribution in [0.3, 0.4) is 0 Å². The first kappa shape index (κ1) is 16.0. The van der Waals surface area contributed by atoms with E-state index >= 15 is 0 Å². The Labute approximate surface area is 138 Å². The van der Waals surface area contributed by atoms with Crippen LogP contribution in [0.25, 0.3) is 0 Å². The second kappa shape index (κ2) is 8.11. The number of piperidine rings is 1. The van der Waals surface area contributed by atoms with Gasteiger partial charge < -0.3 is 10.2 Å². The van der Waals surface area contributed by atoms with Gasteiger partial charge in [0.25, 0.3) is 0 Å². The molecule has 1 aromatic rings. The van der Waals surface area contributed by atoms with Crippen LogP contribution in [0.5, 0.6) is 0 Å². The molecule has 3 rings (SSSR count). The van der Waals surface area contributed by atoms with Crippen molar-refractivity contribution in [2.75, 3.05) is 26.2 Å². The highest BCUT2D eigenvalue weighted by Crippen LogP contribution is 2.30. The van der Waals surface area contributed by atoms with Gasteiger partial charge in [-0.25, -0.2) is 0 Å². The summed E-state index contributed by atoms with van der Waals surface area (Å²) in [6.07, 6.45) is 8.41. The van der Waals surface area contributed by atoms with Gasteiger partial charge in [-0.15, -0.1) is 11.3 Å². The minimum atomic E-state index is 0.264. The van der Waals surface area contributed by atoms with E-state index in [0.29, 0.717) is 5.92 Å². The Balaban J connectivity index is 1.29. The fourth-order valence-corrected chi connectivity index (χ4v) is 4.77. The van der Waals surface area contributed by atoms with Crippen LogP contribution in [0.4, 0.5) is 0 Å². The molecule has 1 aliphatic carbocycles. The fourth-order valence-electron chi connectivity index (χ4n) is 3.87. The van der Waals surface area contributed by atoms with Gasteiger partial charge in [-0.05, 0) is 62.1 Å². The minimum Gasteiger partial charge on any atom is -0.355 e. The van der Waals surface area contributed by atoms with Gasteiger partial charge in [0, 0.05) is 24.4 Å². The predicted octanol–water partition coefficient (Wildman–Crippen LogP) is 3.62. The van der Waals surface area contributed by atoms with E-state index in [-0.39, 0.29) is 5.91 Å². The number of hydrogen-bond donors (Lipinski definition) is 1. The van der Waals surface area contributed by atoms with Crippen molar-refractivity contribution in [2.45, 2.75) is 50.9 Å². The SMILES string of the molecule is O=C(CC1CCCC1)NCCN1CCC(c2cccs2)CC1. The van der Waals surface area contributed by atoms with E-state index in [9.17, 15) is 4.79 Å². The van der Waals surface area contributed by atoms with E-state index in [1.807, 2.05) is 11.3 Å².